The molecule has 3 amide bonds. The third-order valence-electron chi connectivity index (χ3n) is 6.67. The fourth-order valence-electron chi connectivity index (χ4n) is 5.30. The Morgan fingerprint density at radius 2 is 1.78 bits per heavy atom. The number of rotatable bonds is 3. The largest absolute Gasteiger partial charge is 0.324 e. The summed E-state index contributed by atoms with van der Waals surface area (Å²) in [6.07, 6.45) is 5.38. The van der Waals surface area contributed by atoms with E-state index in [1.165, 1.54) is 0 Å². The monoisotopic (exact) mass is 448 g/mol. The highest BCUT2D eigenvalue weighted by Crippen LogP contribution is 2.65. The molecule has 7 heteroatoms. The van der Waals surface area contributed by atoms with E-state index in [2.05, 4.69) is 33.4 Å². The Kier molecular flexibility index (Phi) is 3.82. The molecule has 1 N–H and O–H groups in total. The molecule has 1 aromatic rings. The molecule has 27 heavy (non-hydrogen) atoms. The Morgan fingerprint density at radius 3 is 2.37 bits per heavy atom. The first kappa shape index (κ1) is 17.4. The number of anilines is 1. The normalized spacial score (nSPS) is 35.3. The van der Waals surface area contributed by atoms with Crippen molar-refractivity contribution in [1.82, 2.24) is 4.90 Å². The van der Waals surface area contributed by atoms with Crippen LogP contribution in [0.5, 0.6) is 0 Å². The number of likely N-dealkylation sites (tertiary alicyclic amines) is 1. The van der Waals surface area contributed by atoms with Crippen molar-refractivity contribution in [1.29, 1.82) is 0 Å². The lowest BCUT2D eigenvalue weighted by Crippen LogP contribution is -2.40. The summed E-state index contributed by atoms with van der Waals surface area (Å²) >= 11 is 9.54. The number of halogens is 2. The first-order valence-corrected chi connectivity index (χ1v) is 10.3. The zero-order chi connectivity index (χ0) is 19.0. The number of carbonyl (C=O) groups is 3. The molecule has 1 heterocycles. The summed E-state index contributed by atoms with van der Waals surface area (Å²) < 4.78 is 0.746. The number of carbonyl (C=O) groups excluding carboxylic acids is 3. The van der Waals surface area contributed by atoms with Crippen molar-refractivity contribution in [2.75, 3.05) is 11.9 Å². The van der Waals surface area contributed by atoms with E-state index in [0.29, 0.717) is 22.5 Å². The van der Waals surface area contributed by atoms with Crippen molar-refractivity contribution >= 4 is 50.9 Å². The summed E-state index contributed by atoms with van der Waals surface area (Å²) in [5, 5.41) is 3.30. The molecule has 0 spiro atoms. The van der Waals surface area contributed by atoms with E-state index in [4.69, 9.17) is 11.6 Å². The molecule has 5 aliphatic rings. The number of amides is 3. The first-order valence-electron chi connectivity index (χ1n) is 9.16. The van der Waals surface area contributed by atoms with Crippen LogP contribution in [0.15, 0.2) is 28.8 Å². The van der Waals surface area contributed by atoms with Gasteiger partial charge in [0.05, 0.1) is 16.9 Å². The summed E-state index contributed by atoms with van der Waals surface area (Å²) in [4.78, 5) is 39.5. The van der Waals surface area contributed by atoms with Gasteiger partial charge in [0.2, 0.25) is 17.7 Å². The molecular weight excluding hydrogens is 432 g/mol. The fourth-order valence-corrected chi connectivity index (χ4v) is 5.89. The van der Waals surface area contributed by atoms with Crippen LogP contribution >= 0.6 is 27.5 Å². The predicted molar refractivity (Wildman–Crippen MR) is 104 cm³/mol. The third kappa shape index (κ3) is 2.46. The van der Waals surface area contributed by atoms with Gasteiger partial charge in [0.25, 0.3) is 0 Å². The number of nitrogens with zero attached hydrogens (tertiary/aromatic N) is 1. The predicted octanol–water partition coefficient (Wildman–Crippen LogP) is 3.40. The van der Waals surface area contributed by atoms with Gasteiger partial charge in [0, 0.05) is 10.2 Å². The lowest BCUT2D eigenvalue weighted by atomic mass is 9.63. The summed E-state index contributed by atoms with van der Waals surface area (Å²) in [6, 6.07) is 3.50. The Hall–Kier alpha value is -1.66. The van der Waals surface area contributed by atoms with Gasteiger partial charge in [-0.15, -0.1) is 0 Å². The smallest absolute Gasteiger partial charge is 0.244 e. The van der Waals surface area contributed by atoms with Crippen molar-refractivity contribution in [2.45, 2.75) is 13.3 Å². The van der Waals surface area contributed by atoms with E-state index >= 15 is 0 Å². The average molecular weight is 450 g/mol. The molecule has 140 valence electrons. The Bertz CT molecular complexity index is 894. The van der Waals surface area contributed by atoms with E-state index in [1.54, 1.807) is 19.1 Å². The van der Waals surface area contributed by atoms with Crippen LogP contribution in [0.3, 0.4) is 0 Å². The first-order chi connectivity index (χ1) is 12.9. The summed E-state index contributed by atoms with van der Waals surface area (Å²) in [5.41, 5.74) is 1.31. The van der Waals surface area contributed by atoms with E-state index in [9.17, 15) is 14.4 Å². The molecule has 0 aromatic heterocycles. The highest BCUT2D eigenvalue weighted by atomic mass is 79.9. The molecule has 6 rings (SSSR count). The van der Waals surface area contributed by atoms with Crippen LogP contribution < -0.4 is 5.32 Å². The fraction of sp³-hybridized carbons (Fsp3) is 0.450. The molecule has 2 bridgehead atoms. The molecular formula is C20H18BrClN2O3. The maximum Gasteiger partial charge on any atom is 0.244 e. The van der Waals surface area contributed by atoms with Gasteiger partial charge in [-0.1, -0.05) is 23.8 Å². The Morgan fingerprint density at radius 1 is 1.19 bits per heavy atom. The van der Waals surface area contributed by atoms with Crippen LogP contribution in [0.25, 0.3) is 0 Å². The summed E-state index contributed by atoms with van der Waals surface area (Å²) in [5.74, 6) is 0.150. The van der Waals surface area contributed by atoms with E-state index in [0.717, 1.165) is 21.4 Å². The molecule has 0 unspecified atom stereocenters. The second-order valence-electron chi connectivity index (χ2n) is 8.00. The van der Waals surface area contributed by atoms with Gasteiger partial charge in [-0.05, 0) is 70.6 Å². The van der Waals surface area contributed by atoms with E-state index < -0.39 is 0 Å². The van der Waals surface area contributed by atoms with Crippen LogP contribution in [0, 0.1) is 42.4 Å². The molecule has 3 fully saturated rings. The van der Waals surface area contributed by atoms with Gasteiger partial charge < -0.3 is 5.32 Å². The standard InChI is InChI=1S/C20H18BrClN2O3/c1-8-14(5-4-13(21)18(8)22)23-15(25)7-24-19(26)16-9-2-3-10(12-6-11(9)12)17(16)20(24)27/h2-5,9-12,16-17H,6-7H2,1H3,(H,23,25)/t9-,10+,11-,12-,16+,17+/m1/s1. The van der Waals surface area contributed by atoms with Crippen molar-refractivity contribution in [3.8, 4) is 0 Å². The van der Waals surface area contributed by atoms with Crippen LogP contribution in [-0.4, -0.2) is 29.2 Å². The highest BCUT2D eigenvalue weighted by molar-refractivity contribution is 9.10. The number of benzene rings is 1. The van der Waals surface area contributed by atoms with Gasteiger partial charge in [0.15, 0.2) is 0 Å². The quantitative estimate of drug-likeness (QED) is 0.568. The van der Waals surface area contributed by atoms with Crippen molar-refractivity contribution in [3.63, 3.8) is 0 Å². The number of hydrogen-bond acceptors (Lipinski definition) is 3. The summed E-state index contributed by atoms with van der Waals surface area (Å²) in [6.45, 7) is 1.56. The Balaban J connectivity index is 1.33. The third-order valence-corrected chi connectivity index (χ3v) is 8.05. The maximum atomic E-state index is 12.9. The minimum Gasteiger partial charge on any atom is -0.324 e. The van der Waals surface area contributed by atoms with Crippen molar-refractivity contribution < 1.29 is 14.4 Å². The molecule has 1 aromatic carbocycles. The minimum absolute atomic E-state index is 0.169. The number of allylic oxidation sites excluding steroid dienone is 2. The number of hydrogen-bond donors (Lipinski definition) is 1. The second-order valence-corrected chi connectivity index (χ2v) is 9.23. The molecule has 6 atom stereocenters. The average Bonchev–Trinajstić information content (AvgIpc) is 3.43. The van der Waals surface area contributed by atoms with E-state index in [-0.39, 0.29) is 47.9 Å². The molecule has 2 saturated carbocycles. The topological polar surface area (TPSA) is 66.5 Å². The molecule has 5 nitrogen and oxygen atoms in total. The van der Waals surface area contributed by atoms with Crippen LogP contribution in [0.4, 0.5) is 5.69 Å². The zero-order valence-corrected chi connectivity index (χ0v) is 17.0. The minimum atomic E-state index is -0.387. The molecule has 1 aliphatic heterocycles. The number of imide groups is 1. The Labute approximate surface area is 170 Å². The van der Waals surface area contributed by atoms with Crippen molar-refractivity contribution in [2.24, 2.45) is 35.5 Å². The second kappa shape index (κ2) is 5.92. The van der Waals surface area contributed by atoms with Gasteiger partial charge in [-0.3, -0.25) is 19.3 Å². The molecule has 4 aliphatic carbocycles. The van der Waals surface area contributed by atoms with Crippen LogP contribution in [0.1, 0.15) is 12.0 Å². The van der Waals surface area contributed by atoms with Gasteiger partial charge >= 0.3 is 0 Å². The van der Waals surface area contributed by atoms with Crippen LogP contribution in [0.2, 0.25) is 5.02 Å². The van der Waals surface area contributed by atoms with Gasteiger partial charge in [-0.2, -0.15) is 0 Å². The van der Waals surface area contributed by atoms with Gasteiger partial charge in [0.1, 0.15) is 6.54 Å². The number of nitrogens with one attached hydrogen (secondary N) is 1. The van der Waals surface area contributed by atoms with E-state index in [1.807, 2.05) is 0 Å². The molecule has 0 radical (unpaired) electrons. The van der Waals surface area contributed by atoms with Crippen molar-refractivity contribution in [3.05, 3.63) is 39.3 Å². The lowest BCUT2D eigenvalue weighted by molar-refractivity contribution is -0.142. The molecule has 1 saturated heterocycles. The summed E-state index contributed by atoms with van der Waals surface area (Å²) in [7, 11) is 0. The highest BCUT2D eigenvalue weighted by Gasteiger charge is 2.67. The zero-order valence-electron chi connectivity index (χ0n) is 14.6. The maximum absolute atomic E-state index is 12.9. The van der Waals surface area contributed by atoms with Gasteiger partial charge in [-0.25, -0.2) is 0 Å². The SMILES string of the molecule is Cc1c(NC(=O)CN2C(=O)[C@H]3[C@@H]4C=C[C@@H]([C@H]5C[C@H]45)[C@@H]3C2=O)ccc(Br)c1Cl. The lowest BCUT2D eigenvalue weighted by Gasteiger charge is -2.37. The van der Waals surface area contributed by atoms with Crippen LogP contribution in [-0.2, 0) is 14.4 Å².